The van der Waals surface area contributed by atoms with Crippen LogP contribution >= 0.6 is 11.8 Å². The molecule has 1 aromatic heterocycles. The summed E-state index contributed by atoms with van der Waals surface area (Å²) in [7, 11) is 0. The van der Waals surface area contributed by atoms with Gasteiger partial charge in [0.15, 0.2) is 22.5 Å². The second kappa shape index (κ2) is 12.0. The van der Waals surface area contributed by atoms with Crippen molar-refractivity contribution in [2.24, 2.45) is 0 Å². The first-order chi connectivity index (χ1) is 16.8. The second-order valence-corrected chi connectivity index (χ2v) is 8.51. The number of non-ortho nitro benzene ring substituents is 1. The summed E-state index contributed by atoms with van der Waals surface area (Å²) in [5.74, 6) is 1.57. The van der Waals surface area contributed by atoms with Crippen molar-refractivity contribution in [1.29, 1.82) is 0 Å². The number of nitrogens with one attached hydrogen (secondary N) is 1. The van der Waals surface area contributed by atoms with Gasteiger partial charge in [0.25, 0.3) is 5.69 Å². The number of ether oxygens (including phenoxy) is 2. The molecule has 0 bridgehead atoms. The molecule has 184 valence electrons. The number of allylic oxidation sites excluding steroid dienone is 1. The third-order valence-electron chi connectivity index (χ3n) is 4.90. The Morgan fingerprint density at radius 1 is 1.20 bits per heavy atom. The number of nitro groups is 1. The molecule has 0 radical (unpaired) electrons. The van der Waals surface area contributed by atoms with Crippen molar-refractivity contribution in [1.82, 2.24) is 14.8 Å². The van der Waals surface area contributed by atoms with E-state index in [2.05, 4.69) is 22.1 Å². The molecule has 0 atom stereocenters. The average molecular weight is 498 g/mol. The highest BCUT2D eigenvalue weighted by atomic mass is 32.2. The highest BCUT2D eigenvalue weighted by Gasteiger charge is 2.16. The Morgan fingerprint density at radius 3 is 2.71 bits per heavy atom. The third kappa shape index (κ3) is 6.82. The summed E-state index contributed by atoms with van der Waals surface area (Å²) < 4.78 is 13.4. The van der Waals surface area contributed by atoms with Gasteiger partial charge < -0.3 is 14.8 Å². The van der Waals surface area contributed by atoms with Gasteiger partial charge in [-0.2, -0.15) is 0 Å². The third-order valence-corrected chi connectivity index (χ3v) is 5.87. The van der Waals surface area contributed by atoms with Crippen LogP contribution in [0.1, 0.15) is 23.9 Å². The monoisotopic (exact) mass is 497 g/mol. The molecule has 35 heavy (non-hydrogen) atoms. The molecule has 1 amide bonds. The number of thioether (sulfide) groups is 1. The fourth-order valence-corrected chi connectivity index (χ4v) is 3.93. The van der Waals surface area contributed by atoms with E-state index in [0.717, 1.165) is 11.1 Å². The van der Waals surface area contributed by atoms with Gasteiger partial charge in [0.2, 0.25) is 5.91 Å². The minimum Gasteiger partial charge on any atom is -0.490 e. The number of carbonyl (C=O) groups excluding carboxylic acids is 1. The highest BCUT2D eigenvalue weighted by Crippen LogP contribution is 2.29. The van der Waals surface area contributed by atoms with E-state index in [1.165, 1.54) is 23.9 Å². The van der Waals surface area contributed by atoms with E-state index in [1.807, 2.05) is 36.6 Å². The van der Waals surface area contributed by atoms with Gasteiger partial charge in [0.05, 0.1) is 23.0 Å². The standard InChI is InChI=1S/C24H27N5O5S/c1-5-11-28-22(14-34-20-10-7-16(3)12-21(20)33-6-2)26-27-24(28)35-15-23(30)25-19-13-18(29(31)32)9-8-17(19)4/h5,7-10,12-13H,1,6,11,14-15H2,2-4H3,(H,25,30). The van der Waals surface area contributed by atoms with Crippen molar-refractivity contribution < 1.29 is 19.2 Å². The summed E-state index contributed by atoms with van der Waals surface area (Å²) >= 11 is 1.20. The molecule has 0 aliphatic carbocycles. The maximum Gasteiger partial charge on any atom is 0.271 e. The van der Waals surface area contributed by atoms with Crippen LogP contribution in [-0.2, 0) is 17.9 Å². The Morgan fingerprint density at radius 2 is 2.00 bits per heavy atom. The van der Waals surface area contributed by atoms with Crippen LogP contribution in [-0.4, -0.2) is 38.0 Å². The maximum absolute atomic E-state index is 12.5. The Bertz CT molecular complexity index is 1230. The second-order valence-electron chi connectivity index (χ2n) is 7.56. The number of hydrogen-bond acceptors (Lipinski definition) is 8. The van der Waals surface area contributed by atoms with Crippen LogP contribution < -0.4 is 14.8 Å². The van der Waals surface area contributed by atoms with Gasteiger partial charge in [0, 0.05) is 18.7 Å². The van der Waals surface area contributed by atoms with E-state index in [4.69, 9.17) is 9.47 Å². The lowest BCUT2D eigenvalue weighted by atomic mass is 10.2. The fraction of sp³-hybridized carbons (Fsp3) is 0.292. The quantitative estimate of drug-likeness (QED) is 0.165. The van der Waals surface area contributed by atoms with Gasteiger partial charge in [-0.1, -0.05) is 30.0 Å². The number of nitro benzene ring substituents is 1. The first-order valence-electron chi connectivity index (χ1n) is 10.9. The van der Waals surface area contributed by atoms with Crippen LogP contribution in [0.5, 0.6) is 11.5 Å². The van der Waals surface area contributed by atoms with Crippen LogP contribution in [0.15, 0.2) is 54.2 Å². The molecule has 0 aliphatic heterocycles. The number of benzene rings is 2. The topological polar surface area (TPSA) is 121 Å². The molecule has 0 aliphatic rings. The Hall–Kier alpha value is -3.86. The molecule has 3 aromatic rings. The van der Waals surface area contributed by atoms with E-state index in [-0.39, 0.29) is 24.0 Å². The zero-order valence-corrected chi connectivity index (χ0v) is 20.6. The molecule has 0 spiro atoms. The molecule has 1 heterocycles. The number of aromatic nitrogens is 3. The first kappa shape index (κ1) is 25.8. The maximum atomic E-state index is 12.5. The van der Waals surface area contributed by atoms with Crippen molar-refractivity contribution in [2.75, 3.05) is 17.7 Å². The summed E-state index contributed by atoms with van der Waals surface area (Å²) in [5.41, 5.74) is 2.10. The molecule has 0 saturated heterocycles. The molecule has 0 fully saturated rings. The Labute approximate surface area is 207 Å². The molecule has 2 aromatic carbocycles. The fourth-order valence-electron chi connectivity index (χ4n) is 3.16. The molecule has 0 unspecified atom stereocenters. The predicted molar refractivity (Wildman–Crippen MR) is 134 cm³/mol. The molecule has 10 nitrogen and oxygen atoms in total. The minimum absolute atomic E-state index is 0.0463. The number of aryl methyl sites for hydroxylation is 2. The number of carbonyl (C=O) groups is 1. The molecule has 11 heteroatoms. The SMILES string of the molecule is C=CCn1c(COc2ccc(C)cc2OCC)nnc1SCC(=O)Nc1cc([N+](=O)[O-])ccc1C. The summed E-state index contributed by atoms with van der Waals surface area (Å²) in [6.07, 6.45) is 1.71. The molecule has 3 rings (SSSR count). The van der Waals surface area contributed by atoms with Crippen LogP contribution in [0.2, 0.25) is 0 Å². The van der Waals surface area contributed by atoms with Crippen LogP contribution in [0.4, 0.5) is 11.4 Å². The van der Waals surface area contributed by atoms with E-state index in [9.17, 15) is 14.9 Å². The van der Waals surface area contributed by atoms with Crippen LogP contribution in [0, 0.1) is 24.0 Å². The van der Waals surface area contributed by atoms with Gasteiger partial charge >= 0.3 is 0 Å². The molecular weight excluding hydrogens is 470 g/mol. The summed E-state index contributed by atoms with van der Waals surface area (Å²) in [6, 6.07) is 10.0. The lowest BCUT2D eigenvalue weighted by Gasteiger charge is -2.13. The highest BCUT2D eigenvalue weighted by molar-refractivity contribution is 7.99. The normalized spacial score (nSPS) is 10.6. The van der Waals surface area contributed by atoms with Crippen molar-refractivity contribution in [2.45, 2.75) is 39.1 Å². The Kier molecular flexibility index (Phi) is 8.85. The lowest BCUT2D eigenvalue weighted by molar-refractivity contribution is -0.384. The van der Waals surface area contributed by atoms with Crippen molar-refractivity contribution in [3.63, 3.8) is 0 Å². The average Bonchev–Trinajstić information content (AvgIpc) is 3.20. The van der Waals surface area contributed by atoms with Crippen LogP contribution in [0.3, 0.4) is 0 Å². The zero-order chi connectivity index (χ0) is 25.4. The number of amides is 1. The van der Waals surface area contributed by atoms with Gasteiger partial charge in [-0.25, -0.2) is 0 Å². The van der Waals surface area contributed by atoms with Gasteiger partial charge in [-0.3, -0.25) is 19.5 Å². The summed E-state index contributed by atoms with van der Waals surface area (Å²) in [4.78, 5) is 23.0. The van der Waals surface area contributed by atoms with Gasteiger partial charge in [0.1, 0.15) is 6.61 Å². The van der Waals surface area contributed by atoms with Crippen molar-refractivity contribution in [3.8, 4) is 11.5 Å². The molecule has 1 N–H and O–H groups in total. The molecular formula is C24H27N5O5S. The predicted octanol–water partition coefficient (Wildman–Crippen LogP) is 4.70. The van der Waals surface area contributed by atoms with Crippen molar-refractivity contribution >= 4 is 29.0 Å². The number of anilines is 1. The van der Waals surface area contributed by atoms with Gasteiger partial charge in [-0.15, -0.1) is 16.8 Å². The van der Waals surface area contributed by atoms with E-state index >= 15 is 0 Å². The zero-order valence-electron chi connectivity index (χ0n) is 19.8. The summed E-state index contributed by atoms with van der Waals surface area (Å²) in [5, 5.41) is 22.7. The Balaban J connectivity index is 1.67. The summed E-state index contributed by atoms with van der Waals surface area (Å²) in [6.45, 7) is 10.6. The smallest absolute Gasteiger partial charge is 0.271 e. The van der Waals surface area contributed by atoms with E-state index in [1.54, 1.807) is 19.1 Å². The number of nitrogens with zero attached hydrogens (tertiary/aromatic N) is 4. The number of hydrogen-bond donors (Lipinski definition) is 1. The van der Waals surface area contributed by atoms with E-state index < -0.39 is 4.92 Å². The van der Waals surface area contributed by atoms with Gasteiger partial charge in [-0.05, 0) is 44.0 Å². The van der Waals surface area contributed by atoms with Crippen LogP contribution in [0.25, 0.3) is 0 Å². The number of rotatable bonds is 12. The van der Waals surface area contributed by atoms with Crippen molar-refractivity contribution in [3.05, 3.63) is 76.1 Å². The minimum atomic E-state index is -0.501. The molecule has 0 saturated carbocycles. The first-order valence-corrected chi connectivity index (χ1v) is 11.9. The lowest BCUT2D eigenvalue weighted by Crippen LogP contribution is -2.16. The van der Waals surface area contributed by atoms with E-state index in [0.29, 0.717) is 41.3 Å². The largest absolute Gasteiger partial charge is 0.490 e.